The first kappa shape index (κ1) is 22.3. The van der Waals surface area contributed by atoms with Crippen molar-refractivity contribution < 1.29 is 21.6 Å². The van der Waals surface area contributed by atoms with Crippen LogP contribution in [0.1, 0.15) is 22.6 Å². The van der Waals surface area contributed by atoms with Gasteiger partial charge in [0.15, 0.2) is 21.5 Å². The number of nitrogens with zero attached hydrogens (tertiary/aromatic N) is 4. The third kappa shape index (κ3) is 4.35. The van der Waals surface area contributed by atoms with Gasteiger partial charge in [0, 0.05) is 23.7 Å². The van der Waals surface area contributed by atoms with Gasteiger partial charge in [0.1, 0.15) is 11.3 Å². The monoisotopic (exact) mass is 528 g/mol. The highest BCUT2D eigenvalue weighted by molar-refractivity contribution is 9.10. The number of aromatic amines is 1. The number of nitrogens with one attached hydrogen (secondary N) is 2. The van der Waals surface area contributed by atoms with Crippen molar-refractivity contribution >= 4 is 42.9 Å². The molecule has 0 aliphatic rings. The SMILES string of the molecule is Cc1[nH]nc(Nc2nc(C(F)(F)c3ccc(F)cc3)nn3cc(CS(C)(=O)=O)cc23)c1Br. The fraction of sp³-hybridized carbons (Fsp3) is 0.211. The normalized spacial score (nSPS) is 12.4. The smallest absolute Gasteiger partial charge is 0.321 e. The molecule has 0 amide bonds. The molecule has 168 valence electrons. The second-order valence-corrected chi connectivity index (χ2v) is 10.2. The minimum absolute atomic E-state index is 0.0104. The van der Waals surface area contributed by atoms with E-state index in [1.165, 1.54) is 12.3 Å². The molecule has 4 aromatic rings. The zero-order chi connectivity index (χ0) is 23.3. The van der Waals surface area contributed by atoms with Gasteiger partial charge in [-0.3, -0.25) is 5.10 Å². The van der Waals surface area contributed by atoms with Crippen LogP contribution < -0.4 is 5.32 Å². The molecule has 0 atom stereocenters. The van der Waals surface area contributed by atoms with Gasteiger partial charge in [-0.25, -0.2) is 22.3 Å². The standard InChI is InChI=1S/C19H16BrF3N6O2S/c1-10-15(20)17(27-26-10)24-16-14-7-11(9-32(2,30)31)8-29(14)28-18(25-16)19(22,23)12-3-5-13(21)6-4-12/h3-8H,9H2,1-2H3,(H2,24,25,26,27,28). The highest BCUT2D eigenvalue weighted by Gasteiger charge is 2.39. The topological polar surface area (TPSA) is 105 Å². The van der Waals surface area contributed by atoms with Crippen molar-refractivity contribution in [3.05, 3.63) is 69.5 Å². The molecule has 0 fully saturated rings. The second kappa shape index (κ2) is 7.89. The first-order valence-electron chi connectivity index (χ1n) is 9.13. The lowest BCUT2D eigenvalue weighted by Crippen LogP contribution is -2.21. The van der Waals surface area contributed by atoms with Crippen LogP contribution in [0.25, 0.3) is 5.52 Å². The molecule has 4 rings (SSSR count). The molecule has 2 N–H and O–H groups in total. The van der Waals surface area contributed by atoms with Crippen LogP contribution in [0.2, 0.25) is 0 Å². The largest absolute Gasteiger partial charge is 0.333 e. The van der Waals surface area contributed by atoms with E-state index in [4.69, 9.17) is 0 Å². The van der Waals surface area contributed by atoms with Gasteiger partial charge in [0.25, 0.3) is 0 Å². The number of H-pyrrole nitrogens is 1. The predicted octanol–water partition coefficient (Wildman–Crippen LogP) is 4.09. The highest BCUT2D eigenvalue weighted by Crippen LogP contribution is 2.35. The van der Waals surface area contributed by atoms with Crippen LogP contribution in [0.5, 0.6) is 0 Å². The lowest BCUT2D eigenvalue weighted by molar-refractivity contribution is 0.0315. The van der Waals surface area contributed by atoms with Gasteiger partial charge in [-0.15, -0.1) is 5.10 Å². The molecule has 0 aliphatic heterocycles. The van der Waals surface area contributed by atoms with Gasteiger partial charge in [-0.2, -0.15) is 13.9 Å². The number of halogens is 4. The van der Waals surface area contributed by atoms with Crippen molar-refractivity contribution in [1.82, 2.24) is 24.8 Å². The fourth-order valence-corrected chi connectivity index (χ4v) is 4.10. The Kier molecular flexibility index (Phi) is 5.49. The van der Waals surface area contributed by atoms with E-state index in [0.29, 0.717) is 21.5 Å². The van der Waals surface area contributed by atoms with E-state index in [1.807, 2.05) is 0 Å². The van der Waals surface area contributed by atoms with E-state index in [0.717, 1.165) is 35.0 Å². The Labute approximate surface area is 188 Å². The maximum Gasteiger partial charge on any atom is 0.333 e. The van der Waals surface area contributed by atoms with Crippen LogP contribution in [0, 0.1) is 12.7 Å². The first-order chi connectivity index (χ1) is 14.9. The molecule has 13 heteroatoms. The molecule has 0 spiro atoms. The molecule has 32 heavy (non-hydrogen) atoms. The van der Waals surface area contributed by atoms with Gasteiger partial charge in [0.2, 0.25) is 5.82 Å². The number of rotatable bonds is 6. The van der Waals surface area contributed by atoms with Crippen molar-refractivity contribution in [3.8, 4) is 0 Å². The Morgan fingerprint density at radius 3 is 2.50 bits per heavy atom. The third-order valence-electron chi connectivity index (χ3n) is 4.55. The lowest BCUT2D eigenvalue weighted by Gasteiger charge is -2.17. The van der Waals surface area contributed by atoms with Crippen LogP contribution in [0.3, 0.4) is 0 Å². The quantitative estimate of drug-likeness (QED) is 0.390. The molecule has 3 heterocycles. The van der Waals surface area contributed by atoms with Crippen LogP contribution in [0.15, 0.2) is 41.0 Å². The molecule has 3 aromatic heterocycles. The number of aromatic nitrogens is 5. The molecule has 0 saturated carbocycles. The van der Waals surface area contributed by atoms with Crippen LogP contribution in [-0.2, 0) is 21.5 Å². The van der Waals surface area contributed by atoms with Crippen LogP contribution >= 0.6 is 15.9 Å². The summed E-state index contributed by atoms with van der Waals surface area (Å²) in [4.78, 5) is 4.02. The summed E-state index contributed by atoms with van der Waals surface area (Å²) in [5.41, 5.74) is 0.825. The zero-order valence-corrected chi connectivity index (χ0v) is 19.1. The molecule has 0 radical (unpaired) electrons. The van der Waals surface area contributed by atoms with E-state index >= 15 is 8.78 Å². The van der Waals surface area contributed by atoms with Crippen molar-refractivity contribution in [2.24, 2.45) is 0 Å². The summed E-state index contributed by atoms with van der Waals surface area (Å²) in [6.07, 6.45) is 2.41. The van der Waals surface area contributed by atoms with E-state index in [2.05, 4.69) is 41.5 Å². The Morgan fingerprint density at radius 2 is 1.91 bits per heavy atom. The summed E-state index contributed by atoms with van der Waals surface area (Å²) in [5, 5.41) is 13.6. The van der Waals surface area contributed by atoms with E-state index in [1.54, 1.807) is 6.92 Å². The van der Waals surface area contributed by atoms with Crippen LogP contribution in [-0.4, -0.2) is 39.5 Å². The molecule has 0 aliphatic carbocycles. The Morgan fingerprint density at radius 1 is 1.22 bits per heavy atom. The number of alkyl halides is 2. The molecule has 1 aromatic carbocycles. The minimum Gasteiger partial charge on any atom is -0.321 e. The van der Waals surface area contributed by atoms with E-state index in [-0.39, 0.29) is 17.1 Å². The summed E-state index contributed by atoms with van der Waals surface area (Å²) in [7, 11) is -3.38. The second-order valence-electron chi connectivity index (χ2n) is 7.25. The van der Waals surface area contributed by atoms with Crippen molar-refractivity contribution in [3.63, 3.8) is 0 Å². The lowest BCUT2D eigenvalue weighted by atomic mass is 10.1. The minimum atomic E-state index is -3.65. The van der Waals surface area contributed by atoms with Crippen molar-refractivity contribution in [1.29, 1.82) is 0 Å². The summed E-state index contributed by atoms with van der Waals surface area (Å²) < 4.78 is 68.8. The first-order valence-corrected chi connectivity index (χ1v) is 12.0. The summed E-state index contributed by atoms with van der Waals surface area (Å²) in [5.74, 6) is -5.18. The average Bonchev–Trinajstić information content (AvgIpc) is 3.24. The maximum atomic E-state index is 15.2. The maximum absolute atomic E-state index is 15.2. The number of hydrogen-bond donors (Lipinski definition) is 2. The third-order valence-corrected chi connectivity index (χ3v) is 6.37. The number of aryl methyl sites for hydroxylation is 1. The molecular formula is C19H16BrF3N6O2S. The van der Waals surface area contributed by atoms with E-state index < -0.39 is 33.0 Å². The Hall–Kier alpha value is -2.93. The van der Waals surface area contributed by atoms with Crippen molar-refractivity contribution in [2.75, 3.05) is 11.6 Å². The summed E-state index contributed by atoms with van der Waals surface area (Å²) in [6.45, 7) is 1.76. The predicted molar refractivity (Wildman–Crippen MR) is 115 cm³/mol. The Bertz CT molecular complexity index is 1420. The summed E-state index contributed by atoms with van der Waals surface area (Å²) in [6, 6.07) is 5.24. The Balaban J connectivity index is 1.88. The van der Waals surface area contributed by atoms with Gasteiger partial charge in [0.05, 0.1) is 10.2 Å². The van der Waals surface area contributed by atoms with E-state index in [9.17, 15) is 12.8 Å². The number of anilines is 2. The molecule has 0 bridgehead atoms. The van der Waals surface area contributed by atoms with Crippen molar-refractivity contribution in [2.45, 2.75) is 18.6 Å². The zero-order valence-electron chi connectivity index (χ0n) is 16.7. The van der Waals surface area contributed by atoms with Gasteiger partial charge in [-0.1, -0.05) is 0 Å². The van der Waals surface area contributed by atoms with Crippen LogP contribution in [0.4, 0.5) is 24.8 Å². The number of hydrogen-bond acceptors (Lipinski definition) is 6. The summed E-state index contributed by atoms with van der Waals surface area (Å²) >= 11 is 3.35. The van der Waals surface area contributed by atoms with Gasteiger partial charge >= 0.3 is 5.92 Å². The number of sulfone groups is 1. The highest BCUT2D eigenvalue weighted by atomic mass is 79.9. The fourth-order valence-electron chi connectivity index (χ4n) is 3.06. The number of fused-ring (bicyclic) bond motifs is 1. The average molecular weight is 529 g/mol. The molecule has 8 nitrogen and oxygen atoms in total. The molecular weight excluding hydrogens is 513 g/mol. The molecule has 0 unspecified atom stereocenters. The number of benzene rings is 1. The molecule has 0 saturated heterocycles. The van der Waals surface area contributed by atoms with Gasteiger partial charge < -0.3 is 5.32 Å². The van der Waals surface area contributed by atoms with Gasteiger partial charge in [-0.05, 0) is 58.7 Å².